The van der Waals surface area contributed by atoms with E-state index in [1.54, 1.807) is 0 Å². The van der Waals surface area contributed by atoms with E-state index in [0.29, 0.717) is 6.61 Å². The first-order valence-electron chi connectivity index (χ1n) is 7.19. The highest BCUT2D eigenvalue weighted by Crippen LogP contribution is 2.14. The van der Waals surface area contributed by atoms with Crippen LogP contribution in [0.1, 0.15) is 25.0 Å². The van der Waals surface area contributed by atoms with E-state index in [2.05, 4.69) is 16.0 Å². The summed E-state index contributed by atoms with van der Waals surface area (Å²) >= 11 is 0. The Morgan fingerprint density at radius 3 is 2.85 bits per heavy atom. The number of hydrogen-bond donors (Lipinski definition) is 1. The van der Waals surface area contributed by atoms with Gasteiger partial charge in [0.1, 0.15) is 0 Å². The van der Waals surface area contributed by atoms with Gasteiger partial charge in [-0.05, 0) is 25.0 Å². The smallest absolute Gasteiger partial charge is 0.305 e. The molecule has 1 aliphatic rings. The van der Waals surface area contributed by atoms with Crippen LogP contribution in [0.2, 0.25) is 0 Å². The molecule has 0 aromatic carbocycles. The fraction of sp³-hybridized carbons (Fsp3) is 0.600. The SMILES string of the molecule is O=C(O)CCOC1CCN(CCc2ccccn2)CC1. The lowest BCUT2D eigenvalue weighted by atomic mass is 10.1. The molecule has 0 spiro atoms. The Balaban J connectivity index is 1.61. The van der Waals surface area contributed by atoms with Crippen molar-refractivity contribution in [1.29, 1.82) is 0 Å². The van der Waals surface area contributed by atoms with Crippen molar-refractivity contribution in [3.05, 3.63) is 30.1 Å². The van der Waals surface area contributed by atoms with Gasteiger partial charge in [-0.25, -0.2) is 0 Å². The molecule has 1 saturated heterocycles. The quantitative estimate of drug-likeness (QED) is 0.820. The Labute approximate surface area is 119 Å². The van der Waals surface area contributed by atoms with E-state index in [-0.39, 0.29) is 12.5 Å². The number of carboxylic acids is 1. The van der Waals surface area contributed by atoms with E-state index in [1.165, 1.54) is 0 Å². The minimum Gasteiger partial charge on any atom is -0.481 e. The van der Waals surface area contributed by atoms with E-state index in [0.717, 1.165) is 44.6 Å². The van der Waals surface area contributed by atoms with Crippen LogP contribution in [0.5, 0.6) is 0 Å². The number of carbonyl (C=O) groups is 1. The summed E-state index contributed by atoms with van der Waals surface area (Å²) in [6.45, 7) is 3.39. The minimum absolute atomic E-state index is 0.0971. The van der Waals surface area contributed by atoms with Crippen LogP contribution >= 0.6 is 0 Å². The predicted octanol–water partition coefficient (Wildman–Crippen LogP) is 1.58. The van der Waals surface area contributed by atoms with Crippen molar-refractivity contribution < 1.29 is 14.6 Å². The van der Waals surface area contributed by atoms with Gasteiger partial charge in [-0.1, -0.05) is 6.07 Å². The monoisotopic (exact) mass is 278 g/mol. The number of rotatable bonds is 7. The summed E-state index contributed by atoms with van der Waals surface area (Å²) in [7, 11) is 0. The minimum atomic E-state index is -0.794. The zero-order chi connectivity index (χ0) is 14.2. The van der Waals surface area contributed by atoms with E-state index in [1.807, 2.05) is 18.3 Å². The number of hydrogen-bond acceptors (Lipinski definition) is 4. The maximum Gasteiger partial charge on any atom is 0.305 e. The summed E-state index contributed by atoms with van der Waals surface area (Å²) in [4.78, 5) is 17.2. The van der Waals surface area contributed by atoms with Crippen molar-refractivity contribution in [2.45, 2.75) is 31.8 Å². The van der Waals surface area contributed by atoms with Crippen LogP contribution in [-0.4, -0.2) is 53.3 Å². The Kier molecular flexibility index (Phi) is 5.95. The summed E-state index contributed by atoms with van der Waals surface area (Å²) in [6.07, 6.45) is 5.10. The first kappa shape index (κ1) is 14.9. The lowest BCUT2D eigenvalue weighted by Crippen LogP contribution is -2.38. The first-order valence-corrected chi connectivity index (χ1v) is 7.19. The summed E-state index contributed by atoms with van der Waals surface area (Å²) in [5.41, 5.74) is 1.13. The van der Waals surface area contributed by atoms with Crippen LogP contribution < -0.4 is 0 Å². The van der Waals surface area contributed by atoms with E-state index < -0.39 is 5.97 Å². The van der Waals surface area contributed by atoms with E-state index in [9.17, 15) is 4.79 Å². The molecule has 5 nitrogen and oxygen atoms in total. The third kappa shape index (κ3) is 5.27. The van der Waals surface area contributed by atoms with Crippen LogP contribution in [0.15, 0.2) is 24.4 Å². The Morgan fingerprint density at radius 2 is 2.20 bits per heavy atom. The average Bonchev–Trinajstić information content (AvgIpc) is 2.47. The van der Waals surface area contributed by atoms with Crippen molar-refractivity contribution in [3.8, 4) is 0 Å². The molecule has 0 saturated carbocycles. The maximum atomic E-state index is 10.4. The molecule has 0 aliphatic carbocycles. The Bertz CT molecular complexity index is 403. The van der Waals surface area contributed by atoms with Crippen LogP contribution in [-0.2, 0) is 16.0 Å². The molecule has 110 valence electrons. The third-order valence-electron chi connectivity index (χ3n) is 3.61. The molecule has 1 aromatic rings. The number of likely N-dealkylation sites (tertiary alicyclic amines) is 1. The van der Waals surface area contributed by atoms with Gasteiger partial charge in [-0.15, -0.1) is 0 Å². The molecule has 0 radical (unpaired) electrons. The second kappa shape index (κ2) is 7.97. The average molecular weight is 278 g/mol. The molecule has 20 heavy (non-hydrogen) atoms. The lowest BCUT2D eigenvalue weighted by Gasteiger charge is -2.31. The van der Waals surface area contributed by atoms with Gasteiger partial charge in [0, 0.05) is 37.9 Å². The topological polar surface area (TPSA) is 62.7 Å². The molecule has 1 aromatic heterocycles. The lowest BCUT2D eigenvalue weighted by molar-refractivity contribution is -0.138. The molecule has 5 heteroatoms. The Hall–Kier alpha value is -1.46. The van der Waals surface area contributed by atoms with Crippen LogP contribution in [0, 0.1) is 0 Å². The fourth-order valence-electron chi connectivity index (χ4n) is 2.43. The van der Waals surface area contributed by atoms with Crippen LogP contribution in [0.4, 0.5) is 0 Å². The van der Waals surface area contributed by atoms with E-state index in [4.69, 9.17) is 9.84 Å². The number of carboxylic acid groups (broad SMARTS) is 1. The zero-order valence-electron chi connectivity index (χ0n) is 11.7. The van der Waals surface area contributed by atoms with Gasteiger partial charge >= 0.3 is 5.97 Å². The van der Waals surface area contributed by atoms with Crippen LogP contribution in [0.25, 0.3) is 0 Å². The molecule has 1 fully saturated rings. The highest BCUT2D eigenvalue weighted by molar-refractivity contribution is 5.66. The number of aromatic nitrogens is 1. The van der Waals surface area contributed by atoms with Crippen molar-refractivity contribution in [1.82, 2.24) is 9.88 Å². The number of ether oxygens (including phenoxy) is 1. The number of nitrogens with zero attached hydrogens (tertiary/aromatic N) is 2. The molecule has 0 amide bonds. The van der Waals surface area contributed by atoms with Crippen molar-refractivity contribution in [2.75, 3.05) is 26.2 Å². The highest BCUT2D eigenvalue weighted by Gasteiger charge is 2.19. The zero-order valence-corrected chi connectivity index (χ0v) is 11.7. The fourth-order valence-corrected chi connectivity index (χ4v) is 2.43. The summed E-state index contributed by atoms with van der Waals surface area (Å²) in [6, 6.07) is 6.01. The van der Waals surface area contributed by atoms with Crippen LogP contribution in [0.3, 0.4) is 0 Å². The highest BCUT2D eigenvalue weighted by atomic mass is 16.5. The molecule has 0 atom stereocenters. The summed E-state index contributed by atoms with van der Waals surface area (Å²) < 4.78 is 5.59. The largest absolute Gasteiger partial charge is 0.481 e. The summed E-state index contributed by atoms with van der Waals surface area (Å²) in [5, 5.41) is 8.57. The van der Waals surface area contributed by atoms with Gasteiger partial charge in [-0.2, -0.15) is 0 Å². The van der Waals surface area contributed by atoms with Crippen molar-refractivity contribution >= 4 is 5.97 Å². The van der Waals surface area contributed by atoms with Gasteiger partial charge in [-0.3, -0.25) is 9.78 Å². The molecule has 2 heterocycles. The summed E-state index contributed by atoms with van der Waals surface area (Å²) in [5.74, 6) is -0.794. The standard InChI is InChI=1S/C15H22N2O3/c18-15(19)7-12-20-14-5-10-17(11-6-14)9-4-13-3-1-2-8-16-13/h1-3,8,14H,4-7,9-12H2,(H,18,19). The van der Waals surface area contributed by atoms with Gasteiger partial charge < -0.3 is 14.7 Å². The van der Waals surface area contributed by atoms with E-state index >= 15 is 0 Å². The molecular formula is C15H22N2O3. The number of piperidine rings is 1. The molecule has 0 bridgehead atoms. The van der Waals surface area contributed by atoms with Gasteiger partial charge in [0.25, 0.3) is 0 Å². The normalized spacial score (nSPS) is 17.2. The predicted molar refractivity (Wildman–Crippen MR) is 75.6 cm³/mol. The molecule has 2 rings (SSSR count). The van der Waals surface area contributed by atoms with Gasteiger partial charge in [0.2, 0.25) is 0 Å². The number of pyridine rings is 1. The molecule has 1 aliphatic heterocycles. The second-order valence-electron chi connectivity index (χ2n) is 5.13. The molecule has 1 N–H and O–H groups in total. The third-order valence-corrected chi connectivity index (χ3v) is 3.61. The van der Waals surface area contributed by atoms with Crippen molar-refractivity contribution in [2.24, 2.45) is 0 Å². The molecule has 0 unspecified atom stereocenters. The Morgan fingerprint density at radius 1 is 1.40 bits per heavy atom. The number of aliphatic carboxylic acids is 1. The van der Waals surface area contributed by atoms with Gasteiger partial charge in [0.05, 0.1) is 19.1 Å². The molecular weight excluding hydrogens is 256 g/mol. The second-order valence-corrected chi connectivity index (χ2v) is 5.13. The van der Waals surface area contributed by atoms with Gasteiger partial charge in [0.15, 0.2) is 0 Å². The van der Waals surface area contributed by atoms with Crippen molar-refractivity contribution in [3.63, 3.8) is 0 Å². The first-order chi connectivity index (χ1) is 9.74. The maximum absolute atomic E-state index is 10.4.